The fourth-order valence-corrected chi connectivity index (χ4v) is 2.96. The van der Waals surface area contributed by atoms with Crippen LogP contribution in [0.3, 0.4) is 0 Å². The third-order valence-corrected chi connectivity index (χ3v) is 3.73. The van der Waals surface area contributed by atoms with Gasteiger partial charge in [-0.1, -0.05) is 36.2 Å². The molecule has 88 valence electrons. The highest BCUT2D eigenvalue weighted by molar-refractivity contribution is 9.09. The molecule has 1 rings (SSSR count). The Morgan fingerprint density at radius 3 is 2.80 bits per heavy atom. The second-order valence-electron chi connectivity index (χ2n) is 5.03. The van der Waals surface area contributed by atoms with E-state index in [0.29, 0.717) is 23.1 Å². The Bertz CT molecular complexity index is 206. The summed E-state index contributed by atoms with van der Waals surface area (Å²) < 4.78 is 0. The first kappa shape index (κ1) is 13.0. The summed E-state index contributed by atoms with van der Waals surface area (Å²) in [6.07, 6.45) is 5.72. The minimum absolute atomic E-state index is 0.210. The van der Waals surface area contributed by atoms with Crippen LogP contribution >= 0.6 is 15.9 Å². The summed E-state index contributed by atoms with van der Waals surface area (Å²) in [6.45, 7) is 5.02. The molecule has 0 aromatic carbocycles. The quantitative estimate of drug-likeness (QED) is 0.785. The molecule has 2 atom stereocenters. The van der Waals surface area contributed by atoms with E-state index in [1.807, 2.05) is 0 Å². The number of nitrogens with one attached hydrogen (secondary N) is 1. The van der Waals surface area contributed by atoms with Crippen molar-refractivity contribution in [2.75, 3.05) is 6.54 Å². The van der Waals surface area contributed by atoms with E-state index in [9.17, 15) is 4.79 Å². The van der Waals surface area contributed by atoms with Crippen molar-refractivity contribution in [3.63, 3.8) is 0 Å². The number of carbonyl (C=O) groups is 1. The molecule has 0 heterocycles. The van der Waals surface area contributed by atoms with Gasteiger partial charge >= 0.3 is 0 Å². The highest BCUT2D eigenvalue weighted by Crippen LogP contribution is 2.28. The van der Waals surface area contributed by atoms with Crippen molar-refractivity contribution < 1.29 is 4.79 Å². The first-order chi connectivity index (χ1) is 7.08. The number of halogens is 1. The summed E-state index contributed by atoms with van der Waals surface area (Å²) in [4.78, 5) is 12.1. The highest BCUT2D eigenvalue weighted by Gasteiger charge is 2.20. The lowest BCUT2D eigenvalue weighted by molar-refractivity contribution is -0.122. The molecular formula is C12H22BrNO. The second kappa shape index (κ2) is 6.51. The van der Waals surface area contributed by atoms with Crippen LogP contribution in [0.15, 0.2) is 0 Å². The lowest BCUT2D eigenvalue weighted by Crippen LogP contribution is -2.32. The van der Waals surface area contributed by atoms with Crippen molar-refractivity contribution in [3.8, 4) is 0 Å². The smallest absolute Gasteiger partial charge is 0.220 e. The number of hydrogen-bond acceptors (Lipinski definition) is 1. The molecule has 0 aromatic heterocycles. The average molecular weight is 276 g/mol. The largest absolute Gasteiger partial charge is 0.356 e. The van der Waals surface area contributed by atoms with Gasteiger partial charge in [-0.15, -0.1) is 0 Å². The van der Waals surface area contributed by atoms with Crippen molar-refractivity contribution in [2.24, 2.45) is 11.8 Å². The predicted molar refractivity (Wildman–Crippen MR) is 67.1 cm³/mol. The summed E-state index contributed by atoms with van der Waals surface area (Å²) >= 11 is 3.66. The van der Waals surface area contributed by atoms with Gasteiger partial charge in [0.1, 0.15) is 0 Å². The van der Waals surface area contributed by atoms with Gasteiger partial charge < -0.3 is 5.32 Å². The summed E-state index contributed by atoms with van der Waals surface area (Å²) in [5.74, 6) is 1.35. The van der Waals surface area contributed by atoms with Crippen LogP contribution < -0.4 is 5.32 Å². The Kier molecular flexibility index (Phi) is 5.65. The maximum absolute atomic E-state index is 11.5. The zero-order chi connectivity index (χ0) is 11.3. The van der Waals surface area contributed by atoms with Gasteiger partial charge in [-0.3, -0.25) is 4.79 Å². The van der Waals surface area contributed by atoms with E-state index in [1.165, 1.54) is 25.7 Å². The standard InChI is InChI=1S/C12H22BrNO/c1-9(2)6-12(15)14-8-10-4-3-5-11(13)7-10/h9-11H,3-8H2,1-2H3,(H,14,15). The summed E-state index contributed by atoms with van der Waals surface area (Å²) in [6, 6.07) is 0. The normalized spacial score (nSPS) is 26.7. The fraction of sp³-hybridized carbons (Fsp3) is 0.917. The van der Waals surface area contributed by atoms with E-state index < -0.39 is 0 Å². The van der Waals surface area contributed by atoms with Gasteiger partial charge in [0, 0.05) is 17.8 Å². The molecule has 0 saturated heterocycles. The number of amides is 1. The Morgan fingerprint density at radius 1 is 1.47 bits per heavy atom. The molecule has 1 N–H and O–H groups in total. The van der Waals surface area contributed by atoms with Crippen LogP contribution in [0.1, 0.15) is 46.0 Å². The van der Waals surface area contributed by atoms with E-state index in [4.69, 9.17) is 0 Å². The lowest BCUT2D eigenvalue weighted by atomic mass is 9.89. The predicted octanol–water partition coefficient (Wildman–Crippen LogP) is 3.10. The molecule has 1 fully saturated rings. The summed E-state index contributed by atoms with van der Waals surface area (Å²) in [7, 11) is 0. The molecule has 1 aliphatic rings. The second-order valence-corrected chi connectivity index (χ2v) is 6.33. The van der Waals surface area contributed by atoms with Crippen LogP contribution in [-0.4, -0.2) is 17.3 Å². The maximum Gasteiger partial charge on any atom is 0.220 e. The molecule has 3 heteroatoms. The van der Waals surface area contributed by atoms with E-state index in [1.54, 1.807) is 0 Å². The van der Waals surface area contributed by atoms with Crippen molar-refractivity contribution in [1.29, 1.82) is 0 Å². The molecule has 1 saturated carbocycles. The van der Waals surface area contributed by atoms with Crippen LogP contribution in [0.2, 0.25) is 0 Å². The zero-order valence-corrected chi connectivity index (χ0v) is 11.3. The van der Waals surface area contributed by atoms with Crippen LogP contribution in [-0.2, 0) is 4.79 Å². The molecule has 15 heavy (non-hydrogen) atoms. The number of carbonyl (C=O) groups excluding carboxylic acids is 1. The SMILES string of the molecule is CC(C)CC(=O)NCC1CCCC(Br)C1. The molecule has 1 aliphatic carbocycles. The third-order valence-electron chi connectivity index (χ3n) is 2.90. The van der Waals surface area contributed by atoms with E-state index >= 15 is 0 Å². The molecule has 0 spiro atoms. The first-order valence-corrected chi connectivity index (χ1v) is 6.90. The van der Waals surface area contributed by atoms with Gasteiger partial charge in [0.05, 0.1) is 0 Å². The zero-order valence-electron chi connectivity index (χ0n) is 9.76. The van der Waals surface area contributed by atoms with Crippen molar-refractivity contribution in [1.82, 2.24) is 5.32 Å². The topological polar surface area (TPSA) is 29.1 Å². The third kappa shape index (κ3) is 5.55. The number of alkyl halides is 1. The van der Waals surface area contributed by atoms with Crippen molar-refractivity contribution in [2.45, 2.75) is 50.8 Å². The maximum atomic E-state index is 11.5. The first-order valence-electron chi connectivity index (χ1n) is 5.98. The van der Waals surface area contributed by atoms with E-state index in [0.717, 1.165) is 6.54 Å². The Morgan fingerprint density at radius 2 is 2.20 bits per heavy atom. The molecule has 2 nitrogen and oxygen atoms in total. The van der Waals surface area contributed by atoms with Crippen LogP contribution in [0.25, 0.3) is 0 Å². The number of rotatable bonds is 4. The van der Waals surface area contributed by atoms with E-state index in [2.05, 4.69) is 35.1 Å². The summed E-state index contributed by atoms with van der Waals surface area (Å²) in [5, 5.41) is 3.04. The highest BCUT2D eigenvalue weighted by atomic mass is 79.9. The van der Waals surface area contributed by atoms with Crippen LogP contribution in [0.4, 0.5) is 0 Å². The van der Waals surface area contributed by atoms with Gasteiger partial charge in [0.15, 0.2) is 0 Å². The van der Waals surface area contributed by atoms with Gasteiger partial charge in [0.25, 0.3) is 0 Å². The monoisotopic (exact) mass is 275 g/mol. The summed E-state index contributed by atoms with van der Waals surface area (Å²) in [5.41, 5.74) is 0. The Balaban J connectivity index is 2.16. The lowest BCUT2D eigenvalue weighted by Gasteiger charge is -2.25. The Hall–Kier alpha value is -0.0500. The molecule has 0 bridgehead atoms. The fourth-order valence-electron chi connectivity index (χ4n) is 2.11. The Labute approximate surface area is 101 Å². The molecule has 0 aromatic rings. The van der Waals surface area contributed by atoms with Gasteiger partial charge in [-0.05, 0) is 31.1 Å². The van der Waals surface area contributed by atoms with E-state index in [-0.39, 0.29) is 5.91 Å². The number of hydrogen-bond donors (Lipinski definition) is 1. The van der Waals surface area contributed by atoms with Gasteiger partial charge in [-0.25, -0.2) is 0 Å². The van der Waals surface area contributed by atoms with Gasteiger partial charge in [-0.2, -0.15) is 0 Å². The van der Waals surface area contributed by atoms with Gasteiger partial charge in [0.2, 0.25) is 5.91 Å². The van der Waals surface area contributed by atoms with Crippen LogP contribution in [0, 0.1) is 11.8 Å². The molecule has 0 aliphatic heterocycles. The van der Waals surface area contributed by atoms with Crippen molar-refractivity contribution in [3.05, 3.63) is 0 Å². The van der Waals surface area contributed by atoms with Crippen molar-refractivity contribution >= 4 is 21.8 Å². The molecule has 0 radical (unpaired) electrons. The molecule has 1 amide bonds. The van der Waals surface area contributed by atoms with Crippen LogP contribution in [0.5, 0.6) is 0 Å². The average Bonchev–Trinajstić information content (AvgIpc) is 2.14. The molecule has 2 unspecified atom stereocenters. The minimum Gasteiger partial charge on any atom is -0.356 e. The molecular weight excluding hydrogens is 254 g/mol. The minimum atomic E-state index is 0.210.